The standard InChI is InChI=1S/C18H15S.24O.6Sb/c1-4-10-16(11-5-1)19(17-12-6-2-7-13-17)18-14-8-3-9-15-18;;;;;;;;;;;;;;;;;;;;;;;;;;;;;;/h1-15H;;;;;;;;;;;;;;;;;;;;;;;;;;;;;;/q+1;;;;;;;18*-1;;;;;;. The Morgan fingerprint density at radius 3 is 0.469 bits per heavy atom. The van der Waals surface area contributed by atoms with E-state index in [4.69, 9.17) is 79.0 Å². The first-order valence-corrected chi connectivity index (χ1v) is 37.0. The molecule has 0 aromatic heterocycles. The zero-order chi connectivity index (χ0) is 39.9. The first kappa shape index (κ1) is 56.7. The first-order chi connectivity index (χ1) is 21.4. The molecule has 0 spiro atoms. The Bertz CT molecular complexity index is 1260. The van der Waals surface area contributed by atoms with Crippen LogP contribution < -0.4 is 60.9 Å². The van der Waals surface area contributed by atoms with Crippen molar-refractivity contribution in [1.82, 2.24) is 0 Å². The molecule has 284 valence electrons. The van der Waals surface area contributed by atoms with E-state index < -0.39 is 120 Å². The van der Waals surface area contributed by atoms with Crippen LogP contribution >= 0.6 is 0 Å². The number of rotatable bonds is 3. The fourth-order valence-electron chi connectivity index (χ4n) is 2.08. The van der Waals surface area contributed by atoms with Gasteiger partial charge in [0.2, 0.25) is 0 Å². The minimum absolute atomic E-state index is 0.0146. The summed E-state index contributed by atoms with van der Waals surface area (Å²) in [4.78, 5) is 4.08. The van der Waals surface area contributed by atoms with Crippen molar-refractivity contribution in [3.8, 4) is 0 Å². The minimum atomic E-state index is -6.10. The van der Waals surface area contributed by atoms with Gasteiger partial charge in [-0.15, -0.1) is 0 Å². The molecule has 3 rings (SSSR count). The fourth-order valence-corrected chi connectivity index (χ4v) is 4.18. The molecule has 0 unspecified atom stereocenters. The van der Waals surface area contributed by atoms with E-state index in [-0.39, 0.29) is 10.9 Å². The Kier molecular flexibility index (Phi) is 31.9. The van der Waals surface area contributed by atoms with Gasteiger partial charge < -0.3 is 0 Å². The Labute approximate surface area is 311 Å². The molecule has 3 aromatic rings. The molecular weight excluding hydrogens is 1360 g/mol. The monoisotopic (exact) mass is 1370 g/mol. The second-order valence-corrected chi connectivity index (χ2v) is 24.3. The van der Waals surface area contributed by atoms with Crippen LogP contribution in [0.3, 0.4) is 0 Å². The second-order valence-electron chi connectivity index (χ2n) is 6.93. The van der Waals surface area contributed by atoms with Crippen LogP contribution in [-0.2, 0) is 29.0 Å². The maximum absolute atomic E-state index is 8.64. The summed E-state index contributed by atoms with van der Waals surface area (Å²) in [5.74, 6) is 0. The smallest absolute Gasteiger partial charge is 0.0619 e. The molecule has 0 radical (unpaired) electrons. The Morgan fingerprint density at radius 1 is 0.265 bits per heavy atom. The maximum atomic E-state index is 8.64. The topological polar surface area (TPSA) is 518 Å². The van der Waals surface area contributed by atoms with Gasteiger partial charge in [0.15, 0.2) is 14.7 Å². The average Bonchev–Trinajstić information content (AvgIpc) is 2.80. The third-order valence-corrected chi connectivity index (χ3v) is 5.17. The number of hydrogen-bond donors (Lipinski definition) is 0. The predicted octanol–water partition coefficient (Wildman–Crippen LogP) is -19.6. The maximum Gasteiger partial charge on any atom is 0.166 e. The Morgan fingerprint density at radius 2 is 0.367 bits per heavy atom. The van der Waals surface area contributed by atoms with Crippen molar-refractivity contribution < 1.29 is 79.0 Å². The largest absolute Gasteiger partial charge is 0.166 e. The van der Waals surface area contributed by atoms with Crippen molar-refractivity contribution in [2.75, 3.05) is 0 Å². The molecule has 0 bridgehead atoms. The number of benzene rings is 3. The molecule has 0 aliphatic carbocycles. The summed E-state index contributed by atoms with van der Waals surface area (Å²) < 4.78 is 207. The summed E-state index contributed by atoms with van der Waals surface area (Å²) >= 11 is -36.6. The zero-order valence-electron chi connectivity index (χ0n) is 23.0. The van der Waals surface area contributed by atoms with Gasteiger partial charge in [-0.05, 0) is 36.4 Å². The van der Waals surface area contributed by atoms with Crippen molar-refractivity contribution >= 4 is 131 Å². The molecule has 0 saturated carbocycles. The van der Waals surface area contributed by atoms with Crippen molar-refractivity contribution in [3.63, 3.8) is 0 Å². The normalized spacial score (nSPS) is 11.3. The molecule has 31 heteroatoms. The van der Waals surface area contributed by atoms with Crippen LogP contribution in [-0.4, -0.2) is 120 Å². The molecule has 0 aliphatic rings. The van der Waals surface area contributed by atoms with Crippen molar-refractivity contribution in [3.05, 3.63) is 91.0 Å². The minimum Gasteiger partial charge on any atom is -0.0619 e. The van der Waals surface area contributed by atoms with Crippen molar-refractivity contribution in [2.45, 2.75) is 14.7 Å². The van der Waals surface area contributed by atoms with E-state index in [0.29, 0.717) is 0 Å². The van der Waals surface area contributed by atoms with E-state index in [1.165, 1.54) is 14.7 Å². The van der Waals surface area contributed by atoms with Gasteiger partial charge in [0, 0.05) is 0 Å². The first-order valence-electron chi connectivity index (χ1n) is 10.7. The van der Waals surface area contributed by atoms with Crippen LogP contribution in [0.15, 0.2) is 106 Å². The van der Waals surface area contributed by atoms with Crippen LogP contribution in [0.5, 0.6) is 0 Å². The van der Waals surface area contributed by atoms with Crippen LogP contribution in [0.2, 0.25) is 0 Å². The Balaban J connectivity index is -0.000000280. The van der Waals surface area contributed by atoms with Gasteiger partial charge >= 0.3 is 199 Å². The van der Waals surface area contributed by atoms with Crippen LogP contribution in [0, 0.1) is 0 Å². The van der Waals surface area contributed by atoms with Gasteiger partial charge in [-0.3, -0.25) is 0 Å². The molecule has 0 aliphatic heterocycles. The summed E-state index contributed by atoms with van der Waals surface area (Å²) in [6, 6.07) is 32.2. The van der Waals surface area contributed by atoms with Gasteiger partial charge in [-0.2, -0.15) is 0 Å². The molecular formula is C18H15O24SSb6-17. The summed E-state index contributed by atoms with van der Waals surface area (Å²) in [5.41, 5.74) is 0. The third-order valence-electron chi connectivity index (χ3n) is 2.94. The van der Waals surface area contributed by atoms with Crippen molar-refractivity contribution in [1.29, 1.82) is 0 Å². The summed E-state index contributed by atoms with van der Waals surface area (Å²) in [6.07, 6.45) is 0. The van der Waals surface area contributed by atoms with Gasteiger partial charge in [0.1, 0.15) is 0 Å². The van der Waals surface area contributed by atoms with Gasteiger partial charge in [0.25, 0.3) is 0 Å². The number of hydrogen-bond acceptors (Lipinski definition) is 24. The fraction of sp³-hybridized carbons (Fsp3) is 0. The molecule has 0 fully saturated rings. The molecule has 0 saturated heterocycles. The summed E-state index contributed by atoms with van der Waals surface area (Å²) in [6.45, 7) is 0. The molecule has 49 heavy (non-hydrogen) atoms. The van der Waals surface area contributed by atoms with E-state index in [2.05, 4.69) is 91.0 Å². The van der Waals surface area contributed by atoms with E-state index in [1.54, 1.807) is 0 Å². The molecule has 3 aromatic carbocycles. The summed E-state index contributed by atoms with van der Waals surface area (Å²) in [7, 11) is -0.0146. The van der Waals surface area contributed by atoms with Crippen molar-refractivity contribution in [2.24, 2.45) is 0 Å². The molecule has 0 heterocycles. The summed E-state index contributed by atoms with van der Waals surface area (Å²) in [5, 5.41) is 0. The Hall–Kier alpha value is 0.999. The van der Waals surface area contributed by atoms with E-state index in [0.717, 1.165) is 0 Å². The van der Waals surface area contributed by atoms with Gasteiger partial charge in [0.05, 0.1) is 10.9 Å². The van der Waals surface area contributed by atoms with Gasteiger partial charge in [-0.25, -0.2) is 0 Å². The zero-order valence-corrected chi connectivity index (χ0v) is 39.2. The van der Waals surface area contributed by atoms with E-state index in [9.17, 15) is 0 Å². The molecule has 0 N–H and O–H groups in total. The third kappa shape index (κ3) is 79.1. The second kappa shape index (κ2) is 27.6. The van der Waals surface area contributed by atoms with E-state index in [1.807, 2.05) is 0 Å². The van der Waals surface area contributed by atoms with Crippen LogP contribution in [0.25, 0.3) is 0 Å². The quantitative estimate of drug-likeness (QED) is 0.174. The van der Waals surface area contributed by atoms with Crippen LogP contribution in [0.1, 0.15) is 0 Å². The van der Waals surface area contributed by atoms with Crippen LogP contribution in [0.4, 0.5) is 0 Å². The average molecular weight is 1380 g/mol. The SMILES string of the molecule is [O]=[Sb]([O-])([O-])[O-].[O]=[Sb]([O-])([O-])[O-].[O]=[Sb]([O-])([O-])[O-].[O]=[Sb]([O-])([O-])[O-].[O]=[Sb]([O-])([O-])[O-].[O]=[Sb]([O-])([O-])[O-].c1ccc([S+](c2ccccc2)c2ccccc2)cc1. The van der Waals surface area contributed by atoms with Gasteiger partial charge in [-0.1, -0.05) is 54.6 Å². The molecule has 24 nitrogen and oxygen atoms in total. The predicted molar refractivity (Wildman–Crippen MR) is 120 cm³/mol. The molecule has 0 atom stereocenters. The van der Waals surface area contributed by atoms with E-state index >= 15 is 0 Å². The molecule has 0 amide bonds.